The predicted octanol–water partition coefficient (Wildman–Crippen LogP) is 2.38. The maximum absolute atomic E-state index is 11.7. The SMILES string of the molecule is C=C[C+]=C(COCOC)C(=O)OCOCC[Si](C)(C)C. The lowest BCUT2D eigenvalue weighted by atomic mass is 10.2. The Labute approximate surface area is 122 Å². The molecule has 0 amide bonds. The summed E-state index contributed by atoms with van der Waals surface area (Å²) in [6.45, 7) is 11.0. The van der Waals surface area contributed by atoms with E-state index in [2.05, 4.69) is 32.3 Å². The summed E-state index contributed by atoms with van der Waals surface area (Å²) in [6, 6.07) is 1.03. The number of ether oxygens (including phenoxy) is 4. The van der Waals surface area contributed by atoms with Crippen LogP contribution in [0.25, 0.3) is 0 Å². The first-order valence-electron chi connectivity index (χ1n) is 6.45. The van der Waals surface area contributed by atoms with Crippen molar-refractivity contribution in [2.24, 2.45) is 0 Å². The molecule has 0 rings (SSSR count). The van der Waals surface area contributed by atoms with Crippen molar-refractivity contribution in [3.05, 3.63) is 24.3 Å². The van der Waals surface area contributed by atoms with Gasteiger partial charge in [0.15, 0.2) is 0 Å². The van der Waals surface area contributed by atoms with Crippen LogP contribution in [0.15, 0.2) is 18.2 Å². The van der Waals surface area contributed by atoms with Gasteiger partial charge in [0.1, 0.15) is 13.4 Å². The Hall–Kier alpha value is -1.04. The van der Waals surface area contributed by atoms with Crippen LogP contribution in [0.5, 0.6) is 0 Å². The minimum Gasteiger partial charge on any atom is -0.374 e. The minimum absolute atomic E-state index is 0.0596. The van der Waals surface area contributed by atoms with Crippen LogP contribution in [0.3, 0.4) is 0 Å². The molecule has 114 valence electrons. The van der Waals surface area contributed by atoms with E-state index in [1.165, 1.54) is 13.2 Å². The summed E-state index contributed by atoms with van der Waals surface area (Å²) < 4.78 is 20.1. The van der Waals surface area contributed by atoms with E-state index in [1.807, 2.05) is 0 Å². The molecular weight excluding hydrogens is 276 g/mol. The van der Waals surface area contributed by atoms with Crippen LogP contribution in [0.1, 0.15) is 0 Å². The summed E-state index contributed by atoms with van der Waals surface area (Å²) in [7, 11) is 0.384. The van der Waals surface area contributed by atoms with Crippen molar-refractivity contribution in [1.29, 1.82) is 0 Å². The van der Waals surface area contributed by atoms with Gasteiger partial charge in [0.2, 0.25) is 12.4 Å². The largest absolute Gasteiger partial charge is 0.446 e. The number of carbonyl (C=O) groups excluding carboxylic acids is 1. The van der Waals surface area contributed by atoms with Crippen LogP contribution in [0, 0.1) is 6.08 Å². The first-order chi connectivity index (χ1) is 9.40. The summed E-state index contributed by atoms with van der Waals surface area (Å²) >= 11 is 0. The van der Waals surface area contributed by atoms with Crippen LogP contribution in [-0.2, 0) is 23.7 Å². The molecule has 0 saturated carbocycles. The molecule has 0 aliphatic heterocycles. The highest BCUT2D eigenvalue weighted by molar-refractivity contribution is 6.76. The van der Waals surface area contributed by atoms with Crippen molar-refractivity contribution in [2.45, 2.75) is 25.7 Å². The molecule has 0 aromatic carbocycles. The van der Waals surface area contributed by atoms with Crippen LogP contribution in [0.4, 0.5) is 0 Å². The van der Waals surface area contributed by atoms with E-state index in [0.29, 0.717) is 6.61 Å². The second-order valence-electron chi connectivity index (χ2n) is 5.35. The topological polar surface area (TPSA) is 54.0 Å². The van der Waals surface area contributed by atoms with Gasteiger partial charge in [-0.1, -0.05) is 19.6 Å². The molecule has 6 heteroatoms. The minimum atomic E-state index is -1.12. The van der Waals surface area contributed by atoms with Crippen LogP contribution < -0.4 is 0 Å². The van der Waals surface area contributed by atoms with Crippen molar-refractivity contribution in [1.82, 2.24) is 0 Å². The van der Waals surface area contributed by atoms with Gasteiger partial charge in [0.25, 0.3) is 0 Å². The fourth-order valence-corrected chi connectivity index (χ4v) is 1.89. The summed E-state index contributed by atoms with van der Waals surface area (Å²) in [5.41, 5.74) is 0.255. The lowest BCUT2D eigenvalue weighted by molar-refractivity contribution is -0.152. The molecule has 0 N–H and O–H groups in total. The Morgan fingerprint density at radius 3 is 2.50 bits per heavy atom. The Balaban J connectivity index is 3.96. The summed E-state index contributed by atoms with van der Waals surface area (Å²) in [6.07, 6.45) is 4.07. The molecule has 0 atom stereocenters. The van der Waals surface area contributed by atoms with Crippen molar-refractivity contribution >= 4 is 14.0 Å². The average Bonchev–Trinajstić information content (AvgIpc) is 2.36. The van der Waals surface area contributed by atoms with Gasteiger partial charge < -0.3 is 18.9 Å². The number of esters is 1. The van der Waals surface area contributed by atoms with Crippen molar-refractivity contribution in [3.63, 3.8) is 0 Å². The Kier molecular flexibility index (Phi) is 10.2. The van der Waals surface area contributed by atoms with E-state index in [4.69, 9.17) is 18.9 Å². The summed E-state index contributed by atoms with van der Waals surface area (Å²) in [5.74, 6) is -0.519. The summed E-state index contributed by atoms with van der Waals surface area (Å²) in [5, 5.41) is 0. The van der Waals surface area contributed by atoms with Crippen molar-refractivity contribution in [3.8, 4) is 0 Å². The third-order valence-electron chi connectivity index (χ3n) is 2.24. The van der Waals surface area contributed by atoms with E-state index in [0.717, 1.165) is 6.04 Å². The monoisotopic (exact) mass is 301 g/mol. The van der Waals surface area contributed by atoms with Gasteiger partial charge in [0.05, 0.1) is 12.2 Å². The highest BCUT2D eigenvalue weighted by Gasteiger charge is 2.20. The zero-order valence-corrected chi connectivity index (χ0v) is 13.9. The highest BCUT2D eigenvalue weighted by Crippen LogP contribution is 2.07. The molecule has 0 aromatic rings. The normalized spacial score (nSPS) is 11.9. The number of hydrogen-bond donors (Lipinski definition) is 0. The van der Waals surface area contributed by atoms with E-state index in [1.54, 1.807) is 0 Å². The van der Waals surface area contributed by atoms with Gasteiger partial charge in [-0.2, -0.15) is 4.79 Å². The van der Waals surface area contributed by atoms with Gasteiger partial charge in [-0.05, 0) is 12.6 Å². The highest BCUT2D eigenvalue weighted by atomic mass is 28.3. The maximum Gasteiger partial charge on any atom is 0.446 e. The molecule has 0 heterocycles. The average molecular weight is 301 g/mol. The van der Waals surface area contributed by atoms with Crippen LogP contribution in [-0.4, -0.2) is 48.0 Å². The zero-order valence-electron chi connectivity index (χ0n) is 12.9. The molecule has 0 fully saturated rings. The van der Waals surface area contributed by atoms with Crippen molar-refractivity contribution < 1.29 is 23.7 Å². The molecule has 0 saturated heterocycles. The molecule has 0 aliphatic rings. The van der Waals surface area contributed by atoms with E-state index >= 15 is 0 Å². The van der Waals surface area contributed by atoms with Gasteiger partial charge in [0, 0.05) is 21.8 Å². The standard InChI is InChI=1S/C14H25O5Si/c1-6-7-13(10-18-11-16-2)14(15)19-12-17-8-9-20(3,4)5/h6H,1,8-12H2,2-5H3/q+1. The second kappa shape index (κ2) is 10.7. The number of methoxy groups -OCH3 is 1. The molecule has 0 spiro atoms. The molecule has 5 nitrogen and oxygen atoms in total. The summed E-state index contributed by atoms with van der Waals surface area (Å²) in [4.78, 5) is 11.7. The van der Waals surface area contributed by atoms with Gasteiger partial charge in [-0.25, -0.2) is 0 Å². The van der Waals surface area contributed by atoms with E-state index in [-0.39, 0.29) is 25.8 Å². The number of carbonyl (C=O) groups is 1. The first-order valence-corrected chi connectivity index (χ1v) is 10.2. The number of hydrogen-bond acceptors (Lipinski definition) is 5. The molecule has 20 heavy (non-hydrogen) atoms. The predicted molar refractivity (Wildman–Crippen MR) is 79.8 cm³/mol. The molecular formula is C14H25O5Si+. The molecule has 0 aliphatic carbocycles. The zero-order chi connectivity index (χ0) is 15.4. The van der Waals surface area contributed by atoms with Gasteiger partial charge in [-0.3, -0.25) is 0 Å². The smallest absolute Gasteiger partial charge is 0.374 e. The first kappa shape index (κ1) is 19.0. The number of rotatable bonds is 11. The van der Waals surface area contributed by atoms with Crippen molar-refractivity contribution in [2.75, 3.05) is 33.9 Å². The van der Waals surface area contributed by atoms with Gasteiger partial charge in [-0.15, -0.1) is 0 Å². The molecule has 0 aromatic heterocycles. The molecule has 0 bridgehead atoms. The molecule has 0 unspecified atom stereocenters. The van der Waals surface area contributed by atoms with Crippen LogP contribution >= 0.6 is 0 Å². The third kappa shape index (κ3) is 10.8. The van der Waals surface area contributed by atoms with Gasteiger partial charge >= 0.3 is 5.97 Å². The fraction of sp³-hybridized carbons (Fsp3) is 0.643. The maximum atomic E-state index is 11.7. The second-order valence-corrected chi connectivity index (χ2v) is 11.0. The van der Waals surface area contributed by atoms with E-state index in [9.17, 15) is 4.79 Å². The lowest BCUT2D eigenvalue weighted by Crippen LogP contribution is -2.22. The Morgan fingerprint density at radius 2 is 1.95 bits per heavy atom. The third-order valence-corrected chi connectivity index (χ3v) is 3.94. The Morgan fingerprint density at radius 1 is 1.25 bits per heavy atom. The fourth-order valence-electron chi connectivity index (χ4n) is 1.13. The van der Waals surface area contributed by atoms with E-state index < -0.39 is 14.0 Å². The van der Waals surface area contributed by atoms with Crippen LogP contribution in [0.2, 0.25) is 25.7 Å². The molecule has 0 radical (unpaired) electrons. The quantitative estimate of drug-likeness (QED) is 0.112. The number of allylic oxidation sites excluding steroid dienone is 2. The Bertz CT molecular complexity index is 320. The lowest BCUT2D eigenvalue weighted by Gasteiger charge is -2.14.